The van der Waals surface area contributed by atoms with Gasteiger partial charge >= 0.3 is 0 Å². The molecule has 0 nitrogen and oxygen atoms in total. The fraction of sp³-hybridized carbons (Fsp3) is 0.0769. The van der Waals surface area contributed by atoms with Crippen LogP contribution in [0.15, 0.2) is 34.8 Å². The molecule has 2 aromatic carbocycles. The van der Waals surface area contributed by atoms with Crippen molar-refractivity contribution in [2.75, 3.05) is 0 Å². The van der Waals surface area contributed by atoms with Crippen LogP contribution in [-0.2, 0) is 0 Å². The third kappa shape index (κ3) is 3.00. The highest BCUT2D eigenvalue weighted by atomic mass is 79.9. The summed E-state index contributed by atoms with van der Waals surface area (Å²) in [5.41, 5.74) is -0.0461. The summed E-state index contributed by atoms with van der Waals surface area (Å²) in [6, 6.07) is 5.28. The molecule has 6 heteroatoms. The van der Waals surface area contributed by atoms with Crippen LogP contribution in [0.3, 0.4) is 0 Å². The molecule has 2 rings (SSSR count). The number of benzene rings is 2. The highest BCUT2D eigenvalue weighted by Gasteiger charge is 2.21. The van der Waals surface area contributed by atoms with Gasteiger partial charge in [-0.1, -0.05) is 31.9 Å². The Hall–Kier alpha value is -0.880. The maximum absolute atomic E-state index is 13.7. The standard InChI is InChI=1S/C13H6Br2F4/c14-6-1-2-9(16)7(3-6)13(15)8-4-11(18)12(19)5-10(8)17/h1-5,13H. The maximum Gasteiger partial charge on any atom is 0.161 e. The minimum Gasteiger partial charge on any atom is -0.207 e. The predicted octanol–water partition coefficient (Wildman–Crippen LogP) is 5.49. The molecule has 0 fully saturated rings. The zero-order chi connectivity index (χ0) is 14.2. The summed E-state index contributed by atoms with van der Waals surface area (Å²) in [5, 5.41) is 0. The van der Waals surface area contributed by atoms with Crippen LogP contribution in [0, 0.1) is 23.3 Å². The third-order valence-electron chi connectivity index (χ3n) is 2.54. The lowest BCUT2D eigenvalue weighted by Crippen LogP contribution is -2.02. The first kappa shape index (κ1) is 14.5. The first-order chi connectivity index (χ1) is 8.90. The van der Waals surface area contributed by atoms with Gasteiger partial charge in [0.05, 0.1) is 4.83 Å². The van der Waals surface area contributed by atoms with Gasteiger partial charge in [-0.15, -0.1) is 0 Å². The molecule has 19 heavy (non-hydrogen) atoms. The van der Waals surface area contributed by atoms with E-state index in [0.717, 1.165) is 0 Å². The van der Waals surface area contributed by atoms with E-state index in [1.54, 1.807) is 0 Å². The van der Waals surface area contributed by atoms with E-state index < -0.39 is 28.1 Å². The molecule has 0 heterocycles. The molecule has 0 bridgehead atoms. The van der Waals surface area contributed by atoms with E-state index >= 15 is 0 Å². The first-order valence-corrected chi connectivity index (χ1v) is 6.84. The van der Waals surface area contributed by atoms with Crippen molar-refractivity contribution >= 4 is 31.9 Å². The lowest BCUT2D eigenvalue weighted by molar-refractivity contribution is 0.490. The van der Waals surface area contributed by atoms with Gasteiger partial charge in [-0.2, -0.15) is 0 Å². The van der Waals surface area contributed by atoms with Gasteiger partial charge in [0.25, 0.3) is 0 Å². The minimum atomic E-state index is -1.28. The van der Waals surface area contributed by atoms with E-state index in [-0.39, 0.29) is 11.1 Å². The largest absolute Gasteiger partial charge is 0.207 e. The van der Waals surface area contributed by atoms with Crippen molar-refractivity contribution in [2.24, 2.45) is 0 Å². The van der Waals surface area contributed by atoms with Crippen LogP contribution in [0.25, 0.3) is 0 Å². The van der Waals surface area contributed by atoms with Gasteiger partial charge in [0.15, 0.2) is 11.6 Å². The summed E-state index contributed by atoms with van der Waals surface area (Å²) in [4.78, 5) is -0.917. The van der Waals surface area contributed by atoms with Crippen molar-refractivity contribution < 1.29 is 17.6 Å². The van der Waals surface area contributed by atoms with Crippen LogP contribution in [0.4, 0.5) is 17.6 Å². The minimum absolute atomic E-state index is 0.124. The van der Waals surface area contributed by atoms with Crippen LogP contribution in [0.5, 0.6) is 0 Å². The van der Waals surface area contributed by atoms with Crippen LogP contribution in [0.2, 0.25) is 0 Å². The second-order valence-electron chi connectivity index (χ2n) is 3.82. The van der Waals surface area contributed by atoms with Crippen LogP contribution < -0.4 is 0 Å². The Morgan fingerprint density at radius 3 is 2.00 bits per heavy atom. The fourth-order valence-corrected chi connectivity index (χ4v) is 2.69. The highest BCUT2D eigenvalue weighted by molar-refractivity contribution is 9.10. The molecule has 2 aromatic rings. The van der Waals surface area contributed by atoms with E-state index in [1.165, 1.54) is 18.2 Å². The number of rotatable bonds is 2. The number of halogens is 6. The average Bonchev–Trinajstić information content (AvgIpc) is 2.36. The Bertz CT molecular complexity index is 628. The summed E-state index contributed by atoms with van der Waals surface area (Å²) in [7, 11) is 0. The fourth-order valence-electron chi connectivity index (χ4n) is 1.61. The summed E-state index contributed by atoms with van der Waals surface area (Å²) in [6.45, 7) is 0. The van der Waals surface area contributed by atoms with Crippen molar-refractivity contribution in [3.63, 3.8) is 0 Å². The van der Waals surface area contributed by atoms with E-state index in [9.17, 15) is 17.6 Å². The quantitative estimate of drug-likeness (QED) is 0.357. The van der Waals surface area contributed by atoms with Gasteiger partial charge in [-0.25, -0.2) is 17.6 Å². The molecule has 1 unspecified atom stereocenters. The lowest BCUT2D eigenvalue weighted by Gasteiger charge is -2.13. The van der Waals surface area contributed by atoms with E-state index in [1.807, 2.05) is 0 Å². The Labute approximate surface area is 123 Å². The van der Waals surface area contributed by atoms with Gasteiger partial charge in [0.1, 0.15) is 11.6 Å². The van der Waals surface area contributed by atoms with Crippen LogP contribution in [0.1, 0.15) is 16.0 Å². The molecule has 100 valence electrons. The van der Waals surface area contributed by atoms with Gasteiger partial charge in [-0.3, -0.25) is 0 Å². The average molecular weight is 398 g/mol. The van der Waals surface area contributed by atoms with Crippen molar-refractivity contribution in [3.8, 4) is 0 Å². The van der Waals surface area contributed by atoms with Gasteiger partial charge in [0.2, 0.25) is 0 Å². The maximum atomic E-state index is 13.7. The zero-order valence-corrected chi connectivity index (χ0v) is 12.4. The number of hydrogen-bond acceptors (Lipinski definition) is 0. The Kier molecular flexibility index (Phi) is 4.30. The van der Waals surface area contributed by atoms with Gasteiger partial charge < -0.3 is 0 Å². The SMILES string of the molecule is Fc1cc(F)c(C(Br)c2cc(Br)ccc2F)cc1F. The molecule has 0 aromatic heterocycles. The second kappa shape index (κ2) is 5.63. The molecular formula is C13H6Br2F4. The molecule has 0 spiro atoms. The zero-order valence-electron chi connectivity index (χ0n) is 9.23. The summed E-state index contributed by atoms with van der Waals surface area (Å²) in [5.74, 6) is -3.98. The topological polar surface area (TPSA) is 0 Å². The number of hydrogen-bond donors (Lipinski definition) is 0. The highest BCUT2D eigenvalue weighted by Crippen LogP contribution is 2.35. The summed E-state index contributed by atoms with van der Waals surface area (Å²) >= 11 is 6.27. The van der Waals surface area contributed by atoms with Crippen LogP contribution in [-0.4, -0.2) is 0 Å². The van der Waals surface area contributed by atoms with Crippen LogP contribution >= 0.6 is 31.9 Å². The summed E-state index contributed by atoms with van der Waals surface area (Å²) < 4.78 is 53.9. The molecule has 0 aliphatic heterocycles. The first-order valence-electron chi connectivity index (χ1n) is 5.13. The van der Waals surface area contributed by atoms with E-state index in [4.69, 9.17) is 0 Å². The normalized spacial score (nSPS) is 12.5. The smallest absolute Gasteiger partial charge is 0.161 e. The van der Waals surface area contributed by atoms with Crippen molar-refractivity contribution in [3.05, 3.63) is 69.2 Å². The second-order valence-corrected chi connectivity index (χ2v) is 5.65. The van der Waals surface area contributed by atoms with Crippen molar-refractivity contribution in [1.82, 2.24) is 0 Å². The molecule has 0 saturated heterocycles. The van der Waals surface area contributed by atoms with Gasteiger partial charge in [0, 0.05) is 21.7 Å². The lowest BCUT2D eigenvalue weighted by atomic mass is 10.0. The van der Waals surface area contributed by atoms with Crippen molar-refractivity contribution in [2.45, 2.75) is 4.83 Å². The molecule has 0 N–H and O–H groups in total. The summed E-state index contributed by atoms with van der Waals surface area (Å²) in [6.07, 6.45) is 0. The molecule has 0 radical (unpaired) electrons. The molecule has 0 aliphatic carbocycles. The van der Waals surface area contributed by atoms with E-state index in [2.05, 4.69) is 31.9 Å². The van der Waals surface area contributed by atoms with Gasteiger partial charge in [-0.05, 0) is 24.3 Å². The molecule has 0 saturated carbocycles. The predicted molar refractivity (Wildman–Crippen MR) is 71.2 cm³/mol. The molecule has 1 atom stereocenters. The monoisotopic (exact) mass is 396 g/mol. The third-order valence-corrected chi connectivity index (χ3v) is 4.02. The Morgan fingerprint density at radius 2 is 1.32 bits per heavy atom. The Balaban J connectivity index is 2.52. The van der Waals surface area contributed by atoms with E-state index in [0.29, 0.717) is 16.6 Å². The molecule has 0 amide bonds. The molecular weight excluding hydrogens is 392 g/mol. The number of alkyl halides is 1. The van der Waals surface area contributed by atoms with Crippen molar-refractivity contribution in [1.29, 1.82) is 0 Å². The Morgan fingerprint density at radius 1 is 0.737 bits per heavy atom. The molecule has 0 aliphatic rings.